The summed E-state index contributed by atoms with van der Waals surface area (Å²) in [5.41, 5.74) is 0. The van der Waals surface area contributed by atoms with E-state index in [0.29, 0.717) is 25.7 Å². The normalized spacial score (nSPS) is 11.5. The largest absolute Gasteiger partial charge is 0.481 e. The van der Waals surface area contributed by atoms with Crippen molar-refractivity contribution in [3.63, 3.8) is 0 Å². The molecule has 0 aromatic carbocycles. The summed E-state index contributed by atoms with van der Waals surface area (Å²) >= 11 is 0. The van der Waals surface area contributed by atoms with Crippen LogP contribution in [0.2, 0.25) is 0 Å². The number of carbonyl (C=O) groups excluding carboxylic acids is 1. The van der Waals surface area contributed by atoms with Gasteiger partial charge in [-0.3, -0.25) is 9.59 Å². The fraction of sp³-hybridized carbons (Fsp3) is 0.727. The molecule has 0 spiro atoms. The minimum atomic E-state index is -0.851. The van der Waals surface area contributed by atoms with E-state index in [1.807, 2.05) is 6.07 Å². The van der Waals surface area contributed by atoms with Crippen LogP contribution in [0.4, 0.5) is 0 Å². The van der Waals surface area contributed by atoms with E-state index in [0.717, 1.165) is 0 Å². The topological polar surface area (TPSA) is 87.4 Å². The lowest BCUT2D eigenvalue weighted by Crippen LogP contribution is -2.14. The van der Waals surface area contributed by atoms with Crippen LogP contribution in [0.3, 0.4) is 0 Å². The van der Waals surface area contributed by atoms with Gasteiger partial charge in [-0.25, -0.2) is 0 Å². The van der Waals surface area contributed by atoms with Gasteiger partial charge in [-0.1, -0.05) is 0 Å². The molecule has 0 saturated carbocycles. The minimum Gasteiger partial charge on any atom is -0.481 e. The number of nitrogens with zero attached hydrogens (tertiary/aromatic N) is 1. The standard InChI is InChI=1S/C11H17NO4/c1-9(5-4-8-12)16-11(15)7-3-2-6-10(13)14/h9H,2-7H2,1H3,(H,13,14). The maximum atomic E-state index is 11.2. The quantitative estimate of drug-likeness (QED) is 0.505. The molecule has 0 fully saturated rings. The number of carboxylic acid groups (broad SMARTS) is 1. The number of ether oxygens (including phenoxy) is 1. The fourth-order valence-electron chi connectivity index (χ4n) is 1.16. The summed E-state index contributed by atoms with van der Waals surface area (Å²) in [5.74, 6) is -1.17. The fourth-order valence-corrected chi connectivity index (χ4v) is 1.16. The summed E-state index contributed by atoms with van der Waals surface area (Å²) in [7, 11) is 0. The first-order valence-electron chi connectivity index (χ1n) is 5.34. The molecule has 5 nitrogen and oxygen atoms in total. The zero-order valence-electron chi connectivity index (χ0n) is 9.44. The van der Waals surface area contributed by atoms with Crippen LogP contribution in [0.15, 0.2) is 0 Å². The molecule has 0 aromatic rings. The third kappa shape index (κ3) is 9.00. The van der Waals surface area contributed by atoms with Gasteiger partial charge in [-0.05, 0) is 26.2 Å². The lowest BCUT2D eigenvalue weighted by Gasteiger charge is -2.11. The number of carboxylic acids is 1. The van der Waals surface area contributed by atoms with Gasteiger partial charge in [0.25, 0.3) is 0 Å². The van der Waals surface area contributed by atoms with Crippen LogP contribution in [-0.2, 0) is 14.3 Å². The van der Waals surface area contributed by atoms with E-state index < -0.39 is 5.97 Å². The molecule has 0 heterocycles. The molecule has 0 saturated heterocycles. The third-order valence-corrected chi connectivity index (χ3v) is 2.02. The number of rotatable bonds is 8. The SMILES string of the molecule is CC(CCC#N)OC(=O)CCCCC(=O)O. The first-order valence-corrected chi connectivity index (χ1v) is 5.34. The molecule has 0 amide bonds. The maximum absolute atomic E-state index is 11.2. The summed E-state index contributed by atoms with van der Waals surface area (Å²) < 4.78 is 5.02. The Morgan fingerprint density at radius 3 is 2.56 bits per heavy atom. The van der Waals surface area contributed by atoms with Crippen molar-refractivity contribution in [1.82, 2.24) is 0 Å². The molecule has 1 atom stereocenters. The van der Waals surface area contributed by atoms with Gasteiger partial charge in [0.05, 0.1) is 12.2 Å². The van der Waals surface area contributed by atoms with Crippen molar-refractivity contribution < 1.29 is 19.4 Å². The van der Waals surface area contributed by atoms with E-state index >= 15 is 0 Å². The lowest BCUT2D eigenvalue weighted by atomic mass is 10.2. The number of hydrogen-bond donors (Lipinski definition) is 1. The van der Waals surface area contributed by atoms with E-state index in [1.54, 1.807) is 6.92 Å². The summed E-state index contributed by atoms with van der Waals surface area (Å²) in [4.78, 5) is 21.4. The molecule has 0 bridgehead atoms. The third-order valence-electron chi connectivity index (χ3n) is 2.02. The molecule has 0 aliphatic rings. The average molecular weight is 227 g/mol. The van der Waals surface area contributed by atoms with E-state index in [2.05, 4.69) is 0 Å². The molecular weight excluding hydrogens is 210 g/mol. The van der Waals surface area contributed by atoms with Crippen LogP contribution in [0.1, 0.15) is 45.4 Å². The van der Waals surface area contributed by atoms with Gasteiger partial charge < -0.3 is 9.84 Å². The number of unbranched alkanes of at least 4 members (excludes halogenated alkanes) is 1. The monoisotopic (exact) mass is 227 g/mol. The minimum absolute atomic E-state index is 0.0806. The molecule has 0 rings (SSSR count). The molecule has 0 aliphatic carbocycles. The molecule has 0 radical (unpaired) electrons. The van der Waals surface area contributed by atoms with E-state index in [4.69, 9.17) is 15.1 Å². The first kappa shape index (κ1) is 14.4. The summed E-state index contributed by atoms with van der Waals surface area (Å²) in [6.07, 6.45) is 1.99. The van der Waals surface area contributed by atoms with Crippen molar-refractivity contribution in [3.8, 4) is 6.07 Å². The van der Waals surface area contributed by atoms with Gasteiger partial charge in [-0.2, -0.15) is 5.26 Å². The van der Waals surface area contributed by atoms with Gasteiger partial charge >= 0.3 is 11.9 Å². The molecular formula is C11H17NO4. The molecule has 1 unspecified atom stereocenters. The average Bonchev–Trinajstić information content (AvgIpc) is 2.21. The first-order chi connectivity index (χ1) is 7.56. The predicted octanol–water partition coefficient (Wildman–Crippen LogP) is 1.87. The molecule has 1 N–H and O–H groups in total. The number of esters is 1. The van der Waals surface area contributed by atoms with Crippen molar-refractivity contribution in [3.05, 3.63) is 0 Å². The second-order valence-electron chi connectivity index (χ2n) is 3.60. The highest BCUT2D eigenvalue weighted by molar-refractivity contribution is 5.70. The Morgan fingerprint density at radius 1 is 1.38 bits per heavy atom. The molecule has 5 heteroatoms. The molecule has 0 aliphatic heterocycles. The number of hydrogen-bond acceptors (Lipinski definition) is 4. The summed E-state index contributed by atoms with van der Waals surface area (Å²) in [6.45, 7) is 1.74. The van der Waals surface area contributed by atoms with Crippen LogP contribution in [0.25, 0.3) is 0 Å². The Kier molecular flexibility index (Phi) is 7.86. The molecule has 16 heavy (non-hydrogen) atoms. The Morgan fingerprint density at radius 2 is 2.00 bits per heavy atom. The molecule has 0 aromatic heterocycles. The number of aliphatic carboxylic acids is 1. The lowest BCUT2D eigenvalue weighted by molar-refractivity contribution is -0.149. The Bertz CT molecular complexity index is 270. The van der Waals surface area contributed by atoms with Crippen molar-refractivity contribution >= 4 is 11.9 Å². The Hall–Kier alpha value is -1.57. The van der Waals surface area contributed by atoms with E-state index in [1.165, 1.54) is 0 Å². The van der Waals surface area contributed by atoms with Crippen LogP contribution < -0.4 is 0 Å². The smallest absolute Gasteiger partial charge is 0.306 e. The van der Waals surface area contributed by atoms with Gasteiger partial charge in [0.2, 0.25) is 0 Å². The summed E-state index contributed by atoms with van der Waals surface area (Å²) in [5, 5.41) is 16.7. The summed E-state index contributed by atoms with van der Waals surface area (Å²) in [6, 6.07) is 1.98. The van der Waals surface area contributed by atoms with Crippen molar-refractivity contribution in [2.45, 2.75) is 51.6 Å². The van der Waals surface area contributed by atoms with Crippen molar-refractivity contribution in [1.29, 1.82) is 5.26 Å². The predicted molar refractivity (Wildman–Crippen MR) is 56.5 cm³/mol. The number of nitriles is 1. The second kappa shape index (κ2) is 8.72. The van der Waals surface area contributed by atoms with E-state index in [-0.39, 0.29) is 24.9 Å². The Balaban J connectivity index is 3.51. The van der Waals surface area contributed by atoms with E-state index in [9.17, 15) is 9.59 Å². The zero-order valence-corrected chi connectivity index (χ0v) is 9.44. The van der Waals surface area contributed by atoms with Gasteiger partial charge in [0.1, 0.15) is 0 Å². The zero-order chi connectivity index (χ0) is 12.4. The maximum Gasteiger partial charge on any atom is 0.306 e. The van der Waals surface area contributed by atoms with Crippen molar-refractivity contribution in [2.75, 3.05) is 0 Å². The Labute approximate surface area is 95.0 Å². The molecule has 90 valence electrons. The highest BCUT2D eigenvalue weighted by Crippen LogP contribution is 2.06. The van der Waals surface area contributed by atoms with Crippen LogP contribution >= 0.6 is 0 Å². The van der Waals surface area contributed by atoms with Crippen molar-refractivity contribution in [2.24, 2.45) is 0 Å². The highest BCUT2D eigenvalue weighted by atomic mass is 16.5. The van der Waals surface area contributed by atoms with Gasteiger partial charge in [-0.15, -0.1) is 0 Å². The second-order valence-corrected chi connectivity index (χ2v) is 3.60. The van der Waals surface area contributed by atoms with Gasteiger partial charge in [0.15, 0.2) is 0 Å². The number of carbonyl (C=O) groups is 2. The van der Waals surface area contributed by atoms with Gasteiger partial charge in [0, 0.05) is 19.3 Å². The van der Waals surface area contributed by atoms with Crippen LogP contribution in [0, 0.1) is 11.3 Å². The van der Waals surface area contributed by atoms with Crippen LogP contribution in [0.5, 0.6) is 0 Å². The highest BCUT2D eigenvalue weighted by Gasteiger charge is 2.09. The van der Waals surface area contributed by atoms with Crippen LogP contribution in [-0.4, -0.2) is 23.1 Å².